The maximum absolute atomic E-state index is 14.5. The van der Waals surface area contributed by atoms with Crippen LogP contribution in [0.25, 0.3) is 11.3 Å². The first-order chi connectivity index (χ1) is 14.9. The molecule has 0 fully saturated rings. The van der Waals surface area contributed by atoms with Crippen molar-refractivity contribution in [3.8, 4) is 28.9 Å². The summed E-state index contributed by atoms with van der Waals surface area (Å²) in [5, 5.41) is 11.8. The number of methoxy groups -OCH3 is 2. The molecule has 1 unspecified atom stereocenters. The standard InChI is InChI=1S/C21H19F2N5O2S/c1-29-16-7-13(11-31(3)26-12-24)6-15(9-16)27-21-25-10-18(23)20(28-21)17-5-4-14(22)8-19(17)30-2/h4-10H,11H2,1-3H3,(H,25,27,28). The van der Waals surface area contributed by atoms with Crippen LogP contribution in [0, 0.1) is 23.1 Å². The van der Waals surface area contributed by atoms with Gasteiger partial charge in [0, 0.05) is 29.1 Å². The predicted molar refractivity (Wildman–Crippen MR) is 115 cm³/mol. The molecule has 0 amide bonds. The van der Waals surface area contributed by atoms with Crippen molar-refractivity contribution in [2.45, 2.75) is 5.75 Å². The molecular formula is C21H19F2N5O2S. The van der Waals surface area contributed by atoms with Gasteiger partial charge in [-0.3, -0.25) is 0 Å². The lowest BCUT2D eigenvalue weighted by atomic mass is 10.1. The summed E-state index contributed by atoms with van der Waals surface area (Å²) in [4.78, 5) is 8.25. The van der Waals surface area contributed by atoms with E-state index < -0.39 is 22.3 Å². The summed E-state index contributed by atoms with van der Waals surface area (Å²) in [6.07, 6.45) is 4.71. The number of halogens is 2. The summed E-state index contributed by atoms with van der Waals surface area (Å²) in [5.41, 5.74) is 1.79. The average Bonchev–Trinajstić information content (AvgIpc) is 2.75. The Bertz CT molecular complexity index is 1180. The first-order valence-corrected chi connectivity index (χ1v) is 10.7. The maximum Gasteiger partial charge on any atom is 0.227 e. The van der Waals surface area contributed by atoms with Crippen molar-refractivity contribution in [1.29, 1.82) is 5.26 Å². The molecule has 31 heavy (non-hydrogen) atoms. The number of hydrogen-bond acceptors (Lipinski definition) is 7. The van der Waals surface area contributed by atoms with Crippen molar-refractivity contribution in [1.82, 2.24) is 9.97 Å². The Hall–Kier alpha value is -3.58. The Morgan fingerprint density at radius 3 is 2.68 bits per heavy atom. The number of aromatic nitrogens is 2. The van der Waals surface area contributed by atoms with E-state index in [2.05, 4.69) is 19.6 Å². The predicted octanol–water partition coefficient (Wildman–Crippen LogP) is 4.60. The number of nitrogens with one attached hydrogen (secondary N) is 1. The third-order valence-electron chi connectivity index (χ3n) is 4.19. The van der Waals surface area contributed by atoms with Gasteiger partial charge < -0.3 is 14.8 Å². The molecule has 7 nitrogen and oxygen atoms in total. The minimum absolute atomic E-state index is 0.0274. The molecule has 1 atom stereocenters. The molecule has 2 aromatic carbocycles. The molecule has 0 saturated heterocycles. The van der Waals surface area contributed by atoms with Crippen molar-refractivity contribution >= 4 is 22.3 Å². The Kier molecular flexibility index (Phi) is 7.10. The normalized spacial score (nSPS) is 11.6. The Morgan fingerprint density at radius 2 is 1.97 bits per heavy atom. The maximum atomic E-state index is 14.5. The summed E-state index contributed by atoms with van der Waals surface area (Å²) < 4.78 is 42.3. The zero-order valence-corrected chi connectivity index (χ0v) is 17.8. The van der Waals surface area contributed by atoms with Gasteiger partial charge in [0.25, 0.3) is 0 Å². The van der Waals surface area contributed by atoms with E-state index >= 15 is 0 Å². The van der Waals surface area contributed by atoms with E-state index in [9.17, 15) is 8.78 Å². The average molecular weight is 443 g/mol. The Morgan fingerprint density at radius 1 is 1.16 bits per heavy atom. The second-order valence-electron chi connectivity index (χ2n) is 6.37. The van der Waals surface area contributed by atoms with E-state index in [0.717, 1.165) is 17.8 Å². The van der Waals surface area contributed by atoms with Gasteiger partial charge in [-0.15, -0.1) is 0 Å². The van der Waals surface area contributed by atoms with Gasteiger partial charge in [-0.25, -0.2) is 18.7 Å². The second kappa shape index (κ2) is 9.95. The van der Waals surface area contributed by atoms with Gasteiger partial charge in [-0.05, 0) is 36.1 Å². The van der Waals surface area contributed by atoms with Crippen LogP contribution in [0.1, 0.15) is 5.56 Å². The molecule has 0 saturated carbocycles. The first-order valence-electron chi connectivity index (χ1n) is 8.97. The van der Waals surface area contributed by atoms with Crippen LogP contribution in [0.3, 0.4) is 0 Å². The summed E-state index contributed by atoms with van der Waals surface area (Å²) in [5.74, 6) is 0.270. The van der Waals surface area contributed by atoms with Gasteiger partial charge >= 0.3 is 0 Å². The number of benzene rings is 2. The van der Waals surface area contributed by atoms with E-state index in [1.54, 1.807) is 13.2 Å². The number of nitriles is 1. The van der Waals surface area contributed by atoms with Crippen molar-refractivity contribution < 1.29 is 18.3 Å². The highest BCUT2D eigenvalue weighted by Gasteiger charge is 2.15. The zero-order valence-electron chi connectivity index (χ0n) is 17.0. The smallest absolute Gasteiger partial charge is 0.227 e. The summed E-state index contributed by atoms with van der Waals surface area (Å²) >= 11 is 0. The van der Waals surface area contributed by atoms with E-state index in [1.807, 2.05) is 24.6 Å². The molecule has 0 aliphatic carbocycles. The van der Waals surface area contributed by atoms with E-state index in [1.165, 1.54) is 19.2 Å². The van der Waals surface area contributed by atoms with Crippen molar-refractivity contribution in [3.63, 3.8) is 0 Å². The van der Waals surface area contributed by atoms with Gasteiger partial charge in [0.1, 0.15) is 23.0 Å². The third kappa shape index (κ3) is 5.52. The van der Waals surface area contributed by atoms with Crippen LogP contribution >= 0.6 is 0 Å². The summed E-state index contributed by atoms with van der Waals surface area (Å²) in [6.45, 7) is 0. The molecule has 160 valence electrons. The van der Waals surface area contributed by atoms with E-state index in [4.69, 9.17) is 14.7 Å². The quantitative estimate of drug-likeness (QED) is 0.537. The molecule has 1 aromatic heterocycles. The second-order valence-corrected chi connectivity index (χ2v) is 8.04. The molecule has 3 rings (SSSR count). The molecule has 0 aliphatic heterocycles. The molecule has 10 heteroatoms. The van der Waals surface area contributed by atoms with Gasteiger partial charge in [-0.2, -0.15) is 9.62 Å². The Labute approximate surface area is 180 Å². The lowest BCUT2D eigenvalue weighted by molar-refractivity contribution is 0.412. The topological polar surface area (TPSA) is 92.4 Å². The van der Waals surface area contributed by atoms with Gasteiger partial charge in [0.2, 0.25) is 12.1 Å². The van der Waals surface area contributed by atoms with Gasteiger partial charge in [-0.1, -0.05) is 10.7 Å². The largest absolute Gasteiger partial charge is 0.497 e. The lowest BCUT2D eigenvalue weighted by Gasteiger charge is -2.12. The molecular weight excluding hydrogens is 424 g/mol. The zero-order chi connectivity index (χ0) is 22.4. The van der Waals surface area contributed by atoms with Crippen LogP contribution in [-0.2, 0) is 16.4 Å². The summed E-state index contributed by atoms with van der Waals surface area (Å²) in [7, 11) is 2.44. The molecule has 1 N–H and O–H groups in total. The number of rotatable bonds is 7. The van der Waals surface area contributed by atoms with Crippen LogP contribution in [0.15, 0.2) is 47.0 Å². The fourth-order valence-electron chi connectivity index (χ4n) is 2.88. The lowest BCUT2D eigenvalue weighted by Crippen LogP contribution is -2.03. The molecule has 0 spiro atoms. The molecule has 0 radical (unpaired) electrons. The fraction of sp³-hybridized carbons (Fsp3) is 0.190. The van der Waals surface area contributed by atoms with Crippen LogP contribution in [0.4, 0.5) is 20.4 Å². The van der Waals surface area contributed by atoms with Crippen LogP contribution < -0.4 is 14.8 Å². The minimum Gasteiger partial charge on any atom is -0.497 e. The van der Waals surface area contributed by atoms with Crippen molar-refractivity contribution in [3.05, 3.63) is 59.8 Å². The van der Waals surface area contributed by atoms with Crippen molar-refractivity contribution in [2.24, 2.45) is 4.36 Å². The first kappa shape index (κ1) is 22.1. The number of nitrogens with zero attached hydrogens (tertiary/aromatic N) is 4. The Balaban J connectivity index is 1.96. The van der Waals surface area contributed by atoms with E-state index in [-0.39, 0.29) is 17.4 Å². The van der Waals surface area contributed by atoms with Crippen LogP contribution in [-0.4, -0.2) is 30.4 Å². The molecule has 3 aromatic rings. The van der Waals surface area contributed by atoms with Gasteiger partial charge in [0.05, 0.1) is 20.4 Å². The molecule has 0 aliphatic rings. The van der Waals surface area contributed by atoms with E-state index in [0.29, 0.717) is 22.8 Å². The van der Waals surface area contributed by atoms with Crippen molar-refractivity contribution in [2.75, 3.05) is 25.8 Å². The highest BCUT2D eigenvalue weighted by molar-refractivity contribution is 7.85. The summed E-state index contributed by atoms with van der Waals surface area (Å²) in [6, 6.07) is 9.20. The number of anilines is 2. The number of hydrogen-bond donors (Lipinski definition) is 1. The number of ether oxygens (including phenoxy) is 2. The fourth-order valence-corrected chi connectivity index (χ4v) is 3.74. The monoisotopic (exact) mass is 443 g/mol. The van der Waals surface area contributed by atoms with Crippen LogP contribution in [0.5, 0.6) is 11.5 Å². The van der Waals surface area contributed by atoms with Crippen LogP contribution in [0.2, 0.25) is 0 Å². The van der Waals surface area contributed by atoms with Gasteiger partial charge in [0.15, 0.2) is 5.82 Å². The highest BCUT2D eigenvalue weighted by Crippen LogP contribution is 2.32. The molecule has 1 heterocycles. The highest BCUT2D eigenvalue weighted by atomic mass is 32.2. The SMILES string of the molecule is COc1cc(CS(C)=NC#N)cc(Nc2ncc(F)c(-c3ccc(F)cc3OC)n2)c1. The minimum atomic E-state index is -0.671. The third-order valence-corrected chi connectivity index (χ3v) is 5.34. The molecule has 0 bridgehead atoms.